The average molecular weight is 152 g/mol. The van der Waals surface area contributed by atoms with Crippen molar-refractivity contribution in [2.45, 2.75) is 6.73 Å². The van der Waals surface area contributed by atoms with E-state index in [0.29, 0.717) is 12.4 Å². The summed E-state index contributed by atoms with van der Waals surface area (Å²) in [5, 5.41) is 4.03. The van der Waals surface area contributed by atoms with Crippen molar-refractivity contribution in [3.63, 3.8) is 0 Å². The predicted octanol–water partition coefficient (Wildman–Crippen LogP) is -1.44. The largest absolute Gasteiger partial charge is 0.362 e. The maximum absolute atomic E-state index is 10.4. The van der Waals surface area contributed by atoms with Crippen LogP contribution in [0.3, 0.4) is 0 Å². The molecule has 0 saturated heterocycles. The van der Waals surface area contributed by atoms with Crippen LogP contribution in [0.1, 0.15) is 10.5 Å². The van der Waals surface area contributed by atoms with Gasteiger partial charge in [0.1, 0.15) is 12.4 Å². The van der Waals surface area contributed by atoms with Crippen molar-refractivity contribution >= 4 is 19.7 Å². The summed E-state index contributed by atoms with van der Waals surface area (Å²) in [5.74, 6) is 0. The highest BCUT2D eigenvalue weighted by Crippen LogP contribution is 1.91. The summed E-state index contributed by atoms with van der Waals surface area (Å²) in [7, 11) is 3.39. The van der Waals surface area contributed by atoms with E-state index in [1.54, 1.807) is 13.2 Å². The van der Waals surface area contributed by atoms with Crippen LogP contribution in [-0.2, 0) is 11.5 Å². The molecule has 0 atom stereocenters. The van der Waals surface area contributed by atoms with Crippen LogP contribution in [0.4, 0.5) is 0 Å². The van der Waals surface area contributed by atoms with Crippen LogP contribution >= 0.6 is 0 Å². The highest BCUT2D eigenvalue weighted by molar-refractivity contribution is 6.30. The predicted molar refractivity (Wildman–Crippen MR) is 42.8 cm³/mol. The van der Waals surface area contributed by atoms with Crippen molar-refractivity contribution in [1.29, 1.82) is 0 Å². The van der Waals surface area contributed by atoms with Crippen molar-refractivity contribution in [3.05, 3.63) is 11.8 Å². The number of hydrogen-bond acceptors (Lipinski definition) is 3. The molecule has 58 valence electrons. The summed E-state index contributed by atoms with van der Waals surface area (Å²) < 4.78 is 6.34. The molecule has 0 radical (unpaired) electrons. The third kappa shape index (κ3) is 1.68. The molecule has 11 heavy (non-hydrogen) atoms. The van der Waals surface area contributed by atoms with Crippen molar-refractivity contribution in [1.82, 2.24) is 9.78 Å². The number of rotatable bonds is 3. The summed E-state index contributed by atoms with van der Waals surface area (Å²) in [5.41, 5.74) is 1.37. The van der Waals surface area contributed by atoms with Crippen molar-refractivity contribution in [2.24, 2.45) is 0 Å². The van der Waals surface area contributed by atoms with E-state index in [2.05, 4.69) is 5.10 Å². The van der Waals surface area contributed by atoms with E-state index in [1.807, 2.05) is 7.85 Å². The Morgan fingerprint density at radius 3 is 3.18 bits per heavy atom. The van der Waals surface area contributed by atoms with Gasteiger partial charge in [-0.05, 0) is 6.07 Å². The summed E-state index contributed by atoms with van der Waals surface area (Å²) in [6.45, 7) is 0.321. The zero-order valence-corrected chi connectivity index (χ0v) is 6.57. The van der Waals surface area contributed by atoms with E-state index >= 15 is 0 Å². The number of carbonyl (C=O) groups excluding carboxylic acids is 1. The summed E-state index contributed by atoms with van der Waals surface area (Å²) in [6, 6.07) is 1.71. The van der Waals surface area contributed by atoms with Gasteiger partial charge in [0, 0.05) is 12.7 Å². The van der Waals surface area contributed by atoms with E-state index in [4.69, 9.17) is 4.74 Å². The third-order valence-corrected chi connectivity index (χ3v) is 1.31. The Morgan fingerprint density at radius 2 is 2.64 bits per heavy atom. The molecule has 4 nitrogen and oxygen atoms in total. The van der Waals surface area contributed by atoms with Crippen LogP contribution in [0.15, 0.2) is 6.07 Å². The SMILES string of the molecule is Bc1cc(C=O)n(COC)n1. The molecule has 0 aliphatic carbocycles. The zero-order valence-electron chi connectivity index (χ0n) is 6.57. The molecule has 0 fully saturated rings. The molecule has 0 aliphatic heterocycles. The topological polar surface area (TPSA) is 44.1 Å². The molecule has 0 amide bonds. The minimum atomic E-state index is 0.321. The molecule has 0 spiro atoms. The van der Waals surface area contributed by atoms with E-state index < -0.39 is 0 Å². The van der Waals surface area contributed by atoms with Crippen LogP contribution in [0.5, 0.6) is 0 Å². The fourth-order valence-electron chi connectivity index (χ4n) is 0.886. The quantitative estimate of drug-likeness (QED) is 0.393. The molecule has 5 heteroatoms. The fraction of sp³-hybridized carbons (Fsp3) is 0.333. The molecule has 0 aromatic carbocycles. The van der Waals surface area contributed by atoms with Gasteiger partial charge in [-0.1, -0.05) is 0 Å². The van der Waals surface area contributed by atoms with Gasteiger partial charge >= 0.3 is 0 Å². The molecule has 1 heterocycles. The van der Waals surface area contributed by atoms with Gasteiger partial charge in [0.15, 0.2) is 14.1 Å². The van der Waals surface area contributed by atoms with Crippen molar-refractivity contribution < 1.29 is 9.53 Å². The highest BCUT2D eigenvalue weighted by Gasteiger charge is 2.01. The number of nitrogens with zero attached hydrogens (tertiary/aromatic N) is 2. The first kappa shape index (κ1) is 8.01. The molecule has 1 rings (SSSR count). The molecule has 0 bridgehead atoms. The van der Waals surface area contributed by atoms with Crippen LogP contribution < -0.4 is 5.59 Å². The Hall–Kier alpha value is -1.10. The van der Waals surface area contributed by atoms with Gasteiger partial charge in [-0.25, -0.2) is 4.68 Å². The number of aromatic nitrogens is 2. The Kier molecular flexibility index (Phi) is 2.43. The van der Waals surface area contributed by atoms with Crippen LogP contribution in [-0.4, -0.2) is 31.0 Å². The maximum Gasteiger partial charge on any atom is 0.168 e. The molecule has 0 N–H and O–H groups in total. The number of aldehydes is 1. The Bertz CT molecular complexity index is 259. The molecular weight excluding hydrogens is 143 g/mol. The van der Waals surface area contributed by atoms with Crippen LogP contribution in [0.2, 0.25) is 0 Å². The maximum atomic E-state index is 10.4. The lowest BCUT2D eigenvalue weighted by atomic mass is 10.1. The van der Waals surface area contributed by atoms with Gasteiger partial charge in [-0.2, -0.15) is 5.10 Å². The average Bonchev–Trinajstić information content (AvgIpc) is 2.32. The first-order chi connectivity index (χ1) is 5.27. The highest BCUT2D eigenvalue weighted by atomic mass is 16.5. The summed E-state index contributed by atoms with van der Waals surface area (Å²) in [6.07, 6.45) is 0.763. The Balaban J connectivity index is 2.92. The summed E-state index contributed by atoms with van der Waals surface area (Å²) in [4.78, 5) is 10.4. The molecule has 1 aromatic heterocycles. The molecule has 0 saturated carbocycles. The van der Waals surface area contributed by atoms with Crippen molar-refractivity contribution in [3.8, 4) is 0 Å². The molecular formula is C6H9BN2O2. The first-order valence-electron chi connectivity index (χ1n) is 3.26. The van der Waals surface area contributed by atoms with Gasteiger partial charge < -0.3 is 4.74 Å². The number of methoxy groups -OCH3 is 1. The zero-order chi connectivity index (χ0) is 8.27. The molecule has 0 unspecified atom stereocenters. The van der Waals surface area contributed by atoms with Gasteiger partial charge in [-0.3, -0.25) is 4.79 Å². The van der Waals surface area contributed by atoms with Crippen molar-refractivity contribution in [2.75, 3.05) is 7.11 Å². The minimum Gasteiger partial charge on any atom is -0.362 e. The first-order valence-corrected chi connectivity index (χ1v) is 3.26. The van der Waals surface area contributed by atoms with E-state index in [0.717, 1.165) is 11.9 Å². The normalized spacial score (nSPS) is 9.91. The standard InChI is InChI=1S/C6H9BN2O2/c1-11-4-9-5(3-10)2-6(7)8-9/h2-3H,4,7H2,1H3. The lowest BCUT2D eigenvalue weighted by molar-refractivity contribution is 0.104. The van der Waals surface area contributed by atoms with Crippen LogP contribution in [0, 0.1) is 0 Å². The second-order valence-electron chi connectivity index (χ2n) is 2.25. The van der Waals surface area contributed by atoms with Crippen LogP contribution in [0.25, 0.3) is 0 Å². The second kappa shape index (κ2) is 3.34. The second-order valence-corrected chi connectivity index (χ2v) is 2.25. The van der Waals surface area contributed by atoms with Gasteiger partial charge in [0.25, 0.3) is 0 Å². The Morgan fingerprint density at radius 1 is 1.91 bits per heavy atom. The van der Waals surface area contributed by atoms with Gasteiger partial charge in [-0.15, -0.1) is 0 Å². The number of hydrogen-bond donors (Lipinski definition) is 0. The summed E-state index contributed by atoms with van der Waals surface area (Å²) >= 11 is 0. The lowest BCUT2D eigenvalue weighted by Crippen LogP contribution is -2.09. The fourth-order valence-corrected chi connectivity index (χ4v) is 0.886. The van der Waals surface area contributed by atoms with E-state index in [-0.39, 0.29) is 0 Å². The number of ether oxygens (including phenoxy) is 1. The third-order valence-electron chi connectivity index (χ3n) is 1.31. The van der Waals surface area contributed by atoms with Gasteiger partial charge in [0.2, 0.25) is 0 Å². The Labute approximate surface area is 65.6 Å². The number of carbonyl (C=O) groups is 1. The van der Waals surface area contributed by atoms with E-state index in [9.17, 15) is 4.79 Å². The van der Waals surface area contributed by atoms with E-state index in [1.165, 1.54) is 4.68 Å². The molecule has 1 aromatic rings. The smallest absolute Gasteiger partial charge is 0.168 e. The monoisotopic (exact) mass is 152 g/mol. The van der Waals surface area contributed by atoms with Gasteiger partial charge in [0.05, 0.1) is 0 Å². The minimum absolute atomic E-state index is 0.321. The molecule has 0 aliphatic rings. The lowest BCUT2D eigenvalue weighted by Gasteiger charge is -1.99.